The second-order valence-corrected chi connectivity index (χ2v) is 9.38. The fourth-order valence-corrected chi connectivity index (χ4v) is 4.05. The number of nitrogens with one attached hydrogen (secondary N) is 4. The van der Waals surface area contributed by atoms with Gasteiger partial charge in [0.15, 0.2) is 0 Å². The fourth-order valence-electron chi connectivity index (χ4n) is 4.05. The van der Waals surface area contributed by atoms with Crippen LogP contribution in [0, 0.1) is 45.3 Å². The highest BCUT2D eigenvalue weighted by molar-refractivity contribution is 6.09. The van der Waals surface area contributed by atoms with Crippen LogP contribution < -0.4 is 21.3 Å². The maximum absolute atomic E-state index is 12.6. The van der Waals surface area contributed by atoms with Crippen LogP contribution in [0.3, 0.4) is 0 Å². The van der Waals surface area contributed by atoms with E-state index in [1.54, 1.807) is 0 Å². The number of carbonyl (C=O) groups excluding carboxylic acids is 4. The number of hydrogen-bond acceptors (Lipinski definition) is 10. The number of pyridine rings is 2. The Labute approximate surface area is 261 Å². The van der Waals surface area contributed by atoms with E-state index in [4.69, 9.17) is 10.5 Å². The number of anilines is 4. The Hall–Kier alpha value is -7.42. The number of hydrogen-bond donors (Lipinski definition) is 4. The summed E-state index contributed by atoms with van der Waals surface area (Å²) in [4.78, 5) is 57.6. The molecular weight excluding hydrogens is 588 g/mol. The van der Waals surface area contributed by atoms with Crippen LogP contribution in [0.15, 0.2) is 73.1 Å². The molecule has 2 aromatic carbocycles. The Morgan fingerprint density at radius 2 is 1.07 bits per heavy atom. The second-order valence-electron chi connectivity index (χ2n) is 9.38. The highest BCUT2D eigenvalue weighted by Gasteiger charge is 2.17. The molecule has 0 fully saturated rings. The van der Waals surface area contributed by atoms with Crippen LogP contribution in [0.4, 0.5) is 22.9 Å². The lowest BCUT2D eigenvalue weighted by molar-refractivity contribution is -0.125. The lowest BCUT2D eigenvalue weighted by Gasteiger charge is -2.13. The Kier molecular flexibility index (Phi) is 10.0. The van der Waals surface area contributed by atoms with Gasteiger partial charge in [-0.2, -0.15) is 21.0 Å². The van der Waals surface area contributed by atoms with Crippen LogP contribution >= 0.6 is 0 Å². The van der Waals surface area contributed by atoms with Gasteiger partial charge in [0.25, 0.3) is 0 Å². The summed E-state index contributed by atoms with van der Waals surface area (Å²) in [6.07, 6.45) is 1.46. The molecule has 0 saturated heterocycles. The van der Waals surface area contributed by atoms with Crippen LogP contribution in [0.5, 0.6) is 0 Å². The molecule has 4 rings (SSSR count). The first-order valence-electron chi connectivity index (χ1n) is 13.2. The molecule has 4 amide bonds. The van der Waals surface area contributed by atoms with Gasteiger partial charge in [-0.25, -0.2) is 9.97 Å². The highest BCUT2D eigenvalue weighted by Crippen LogP contribution is 2.32. The molecule has 2 aromatic heterocycles. The van der Waals surface area contributed by atoms with Gasteiger partial charge in [0.1, 0.15) is 36.5 Å². The van der Waals surface area contributed by atoms with E-state index in [9.17, 15) is 29.7 Å². The molecule has 0 atom stereocenters. The lowest BCUT2D eigenvalue weighted by atomic mass is 9.95. The highest BCUT2D eigenvalue weighted by atomic mass is 16.2. The summed E-state index contributed by atoms with van der Waals surface area (Å²) in [7, 11) is 0. The van der Waals surface area contributed by atoms with Crippen molar-refractivity contribution in [3.05, 3.63) is 95.4 Å². The first-order valence-corrected chi connectivity index (χ1v) is 13.2. The fraction of sp³-hybridized carbons (Fsp3) is 0.0625. The zero-order chi connectivity index (χ0) is 33.1. The molecule has 0 saturated carbocycles. The summed E-state index contributed by atoms with van der Waals surface area (Å²) in [5, 5.41) is 47.3. The first kappa shape index (κ1) is 31.5. The zero-order valence-electron chi connectivity index (χ0n) is 23.7. The average Bonchev–Trinajstić information content (AvgIpc) is 3.05. The van der Waals surface area contributed by atoms with E-state index in [0.717, 1.165) is 0 Å². The molecule has 14 nitrogen and oxygen atoms in total. The molecule has 0 bridgehead atoms. The van der Waals surface area contributed by atoms with Gasteiger partial charge in [-0.3, -0.25) is 19.2 Å². The minimum Gasteiger partial charge on any atom is -0.326 e. The largest absolute Gasteiger partial charge is 0.326 e. The van der Waals surface area contributed by atoms with Gasteiger partial charge >= 0.3 is 0 Å². The maximum Gasteiger partial charge on any atom is 0.234 e. The number of nitriles is 4. The van der Waals surface area contributed by atoms with E-state index in [-0.39, 0.29) is 45.1 Å². The molecule has 0 radical (unpaired) electrons. The van der Waals surface area contributed by atoms with Gasteiger partial charge in [-0.1, -0.05) is 0 Å². The standard InChI is InChI=1S/C32H20N10O4/c33-13-19-1-8-28(38-17-19)42-32(46)12-30(44)40-23-5-3-21(15-35)27(10-23)26-9-22(4-2-20(26)14-34)39-29(43)11-31(45)41-25-7-6-24(16-36)37-18-25/h1-10,17-18H,11-12H2,(H,39,43)(H,40,44)(H,41,45)(H,38,42,46). The Morgan fingerprint density at radius 1 is 0.543 bits per heavy atom. The van der Waals surface area contributed by atoms with E-state index in [1.807, 2.05) is 24.3 Å². The molecule has 222 valence electrons. The van der Waals surface area contributed by atoms with Crippen molar-refractivity contribution in [2.45, 2.75) is 12.8 Å². The maximum atomic E-state index is 12.6. The summed E-state index contributed by atoms with van der Waals surface area (Å²) in [5.74, 6) is -2.45. The predicted molar refractivity (Wildman–Crippen MR) is 163 cm³/mol. The Morgan fingerprint density at radius 3 is 1.50 bits per heavy atom. The van der Waals surface area contributed by atoms with Crippen molar-refractivity contribution in [2.24, 2.45) is 0 Å². The van der Waals surface area contributed by atoms with Gasteiger partial charge in [0.2, 0.25) is 23.6 Å². The third-order valence-electron chi connectivity index (χ3n) is 6.10. The summed E-state index contributed by atoms with van der Waals surface area (Å²) in [5.41, 5.74) is 2.11. The second kappa shape index (κ2) is 14.7. The van der Waals surface area contributed by atoms with E-state index in [2.05, 4.69) is 31.2 Å². The summed E-state index contributed by atoms with van der Waals surface area (Å²) >= 11 is 0. The summed E-state index contributed by atoms with van der Waals surface area (Å²) in [6, 6.07) is 22.3. The van der Waals surface area contributed by atoms with E-state index in [0.29, 0.717) is 11.3 Å². The van der Waals surface area contributed by atoms with Crippen LogP contribution in [0.2, 0.25) is 0 Å². The van der Waals surface area contributed by atoms with Crippen LogP contribution in [0.25, 0.3) is 11.1 Å². The number of aromatic nitrogens is 2. The molecule has 4 N–H and O–H groups in total. The van der Waals surface area contributed by atoms with Crippen molar-refractivity contribution in [3.8, 4) is 35.4 Å². The van der Waals surface area contributed by atoms with Gasteiger partial charge in [-0.05, 0) is 60.7 Å². The van der Waals surface area contributed by atoms with E-state index >= 15 is 0 Å². The molecule has 4 aromatic rings. The smallest absolute Gasteiger partial charge is 0.234 e. The number of carbonyl (C=O) groups is 4. The number of benzene rings is 2. The minimum absolute atomic E-state index is 0.165. The Bertz CT molecular complexity index is 1870. The third kappa shape index (κ3) is 8.33. The van der Waals surface area contributed by atoms with Gasteiger partial charge in [0, 0.05) is 28.7 Å². The molecule has 46 heavy (non-hydrogen) atoms. The van der Waals surface area contributed by atoms with Crippen molar-refractivity contribution in [3.63, 3.8) is 0 Å². The molecule has 14 heteroatoms. The predicted octanol–water partition coefficient (Wildman–Crippen LogP) is 3.56. The van der Waals surface area contributed by atoms with Gasteiger partial charge in [0.05, 0.1) is 40.7 Å². The molecule has 0 aliphatic carbocycles. The van der Waals surface area contributed by atoms with Crippen LogP contribution in [-0.4, -0.2) is 33.6 Å². The van der Waals surface area contributed by atoms with Gasteiger partial charge in [-0.15, -0.1) is 0 Å². The van der Waals surface area contributed by atoms with Crippen molar-refractivity contribution in [1.82, 2.24) is 9.97 Å². The topological polar surface area (TPSA) is 237 Å². The number of rotatable bonds is 9. The minimum atomic E-state index is -0.668. The lowest BCUT2D eigenvalue weighted by Crippen LogP contribution is -2.22. The van der Waals surface area contributed by atoms with E-state index < -0.39 is 36.5 Å². The number of nitrogens with zero attached hydrogens (tertiary/aromatic N) is 6. The average molecular weight is 609 g/mol. The molecule has 0 aliphatic rings. The monoisotopic (exact) mass is 608 g/mol. The van der Waals surface area contributed by atoms with Crippen LogP contribution in [-0.2, 0) is 19.2 Å². The quantitative estimate of drug-likeness (QED) is 0.201. The molecular formula is C32H20N10O4. The first-order chi connectivity index (χ1) is 22.2. The zero-order valence-corrected chi connectivity index (χ0v) is 23.7. The molecule has 2 heterocycles. The van der Waals surface area contributed by atoms with Crippen molar-refractivity contribution in [1.29, 1.82) is 21.0 Å². The number of amides is 4. The normalized spacial score (nSPS) is 9.74. The van der Waals surface area contributed by atoms with Gasteiger partial charge < -0.3 is 21.3 Å². The van der Waals surface area contributed by atoms with Crippen LogP contribution in [0.1, 0.15) is 35.2 Å². The molecule has 0 aliphatic heterocycles. The summed E-state index contributed by atoms with van der Waals surface area (Å²) in [6.45, 7) is 0. The molecule has 0 spiro atoms. The van der Waals surface area contributed by atoms with E-state index in [1.165, 1.54) is 73.1 Å². The molecule has 0 unspecified atom stereocenters. The third-order valence-corrected chi connectivity index (χ3v) is 6.10. The van der Waals surface area contributed by atoms with Crippen molar-refractivity contribution < 1.29 is 19.2 Å². The SMILES string of the molecule is N#Cc1ccc(NC(=O)CC(=O)Nc2ccc(C#N)c(-c3cc(NC(=O)CC(=O)Nc4ccc(C#N)nc4)ccc3C#N)c2)nc1. The van der Waals surface area contributed by atoms with Crippen molar-refractivity contribution in [2.75, 3.05) is 21.3 Å². The van der Waals surface area contributed by atoms with Crippen molar-refractivity contribution >= 4 is 46.5 Å². The summed E-state index contributed by atoms with van der Waals surface area (Å²) < 4.78 is 0. The Balaban J connectivity index is 1.45.